The summed E-state index contributed by atoms with van der Waals surface area (Å²) >= 11 is 0. The van der Waals surface area contributed by atoms with Gasteiger partial charge in [-0.2, -0.15) is 0 Å². The molecule has 0 spiro atoms. The van der Waals surface area contributed by atoms with Gasteiger partial charge < -0.3 is 10.0 Å². The first-order valence-electron chi connectivity index (χ1n) is 5.98. The average molecular weight is 265 g/mol. The van der Waals surface area contributed by atoms with Crippen LogP contribution >= 0.6 is 0 Å². The number of aliphatic carboxylic acids is 1. The number of carboxylic acid groups (broad SMARTS) is 1. The summed E-state index contributed by atoms with van der Waals surface area (Å²) in [6.07, 6.45) is 0.566. The summed E-state index contributed by atoms with van der Waals surface area (Å²) in [6, 6.07) is 0. The minimum Gasteiger partial charge on any atom is -0.481 e. The van der Waals surface area contributed by atoms with Crippen molar-refractivity contribution in [1.29, 1.82) is 0 Å². The summed E-state index contributed by atoms with van der Waals surface area (Å²) in [4.78, 5) is 12.7. The van der Waals surface area contributed by atoms with Crippen molar-refractivity contribution in [2.45, 2.75) is 27.2 Å². The Morgan fingerprint density at radius 3 is 2.35 bits per heavy atom. The topological polar surface area (TPSA) is 74.7 Å². The second-order valence-electron chi connectivity index (χ2n) is 4.22. The number of carboxylic acids is 1. The highest BCUT2D eigenvalue weighted by Gasteiger charge is 2.15. The van der Waals surface area contributed by atoms with Gasteiger partial charge in [0.15, 0.2) is 0 Å². The molecule has 1 atom stereocenters. The van der Waals surface area contributed by atoms with Gasteiger partial charge in [0.25, 0.3) is 0 Å². The summed E-state index contributed by atoms with van der Waals surface area (Å²) in [5.74, 6) is -0.881. The van der Waals surface area contributed by atoms with Gasteiger partial charge in [-0.15, -0.1) is 0 Å². The zero-order chi connectivity index (χ0) is 13.5. The van der Waals surface area contributed by atoms with Gasteiger partial charge in [0.1, 0.15) is 9.84 Å². The molecule has 0 aliphatic heterocycles. The van der Waals surface area contributed by atoms with Gasteiger partial charge in [-0.25, -0.2) is 8.42 Å². The highest BCUT2D eigenvalue weighted by atomic mass is 32.2. The van der Waals surface area contributed by atoms with Crippen LogP contribution in [0.15, 0.2) is 0 Å². The van der Waals surface area contributed by atoms with E-state index < -0.39 is 21.7 Å². The molecule has 0 fully saturated rings. The molecule has 0 radical (unpaired) electrons. The fraction of sp³-hybridized carbons (Fsp3) is 0.909. The van der Waals surface area contributed by atoms with Crippen LogP contribution in [-0.4, -0.2) is 55.5 Å². The molecule has 0 aliphatic rings. The molecule has 0 aromatic heterocycles. The molecule has 5 nitrogen and oxygen atoms in total. The number of hydrogen-bond donors (Lipinski definition) is 1. The van der Waals surface area contributed by atoms with Crippen LogP contribution in [0.2, 0.25) is 0 Å². The standard InChI is InChI=1S/C11H23NO4S/c1-4-12(9-10(3)11(13)14)7-6-8-17(15,16)5-2/h10H,4-9H2,1-3H3,(H,13,14). The average Bonchev–Trinajstić information content (AvgIpc) is 2.27. The molecule has 0 aromatic carbocycles. The highest BCUT2D eigenvalue weighted by molar-refractivity contribution is 7.91. The van der Waals surface area contributed by atoms with Crippen LogP contribution in [0.25, 0.3) is 0 Å². The Bertz CT molecular complexity index is 326. The van der Waals surface area contributed by atoms with E-state index in [1.165, 1.54) is 0 Å². The normalized spacial score (nSPS) is 13.9. The van der Waals surface area contributed by atoms with Crippen molar-refractivity contribution in [3.8, 4) is 0 Å². The maximum Gasteiger partial charge on any atom is 0.307 e. The monoisotopic (exact) mass is 265 g/mol. The van der Waals surface area contributed by atoms with E-state index in [0.717, 1.165) is 6.54 Å². The van der Waals surface area contributed by atoms with Crippen molar-refractivity contribution in [3.63, 3.8) is 0 Å². The summed E-state index contributed by atoms with van der Waals surface area (Å²) in [7, 11) is -2.91. The number of carbonyl (C=O) groups is 1. The van der Waals surface area contributed by atoms with E-state index in [2.05, 4.69) is 0 Å². The van der Waals surface area contributed by atoms with Gasteiger partial charge in [0.05, 0.1) is 11.7 Å². The first-order valence-corrected chi connectivity index (χ1v) is 7.80. The Morgan fingerprint density at radius 2 is 1.94 bits per heavy atom. The van der Waals surface area contributed by atoms with E-state index in [9.17, 15) is 13.2 Å². The molecule has 0 rings (SSSR count). The smallest absolute Gasteiger partial charge is 0.307 e. The summed E-state index contributed by atoms with van der Waals surface area (Å²) in [5.41, 5.74) is 0. The van der Waals surface area contributed by atoms with Gasteiger partial charge in [-0.3, -0.25) is 4.79 Å². The Labute approximate surface area is 104 Å². The third-order valence-electron chi connectivity index (χ3n) is 2.77. The third-order valence-corrected chi connectivity index (χ3v) is 4.56. The molecule has 17 heavy (non-hydrogen) atoms. The van der Waals surface area contributed by atoms with Crippen molar-refractivity contribution < 1.29 is 18.3 Å². The summed E-state index contributed by atoms with van der Waals surface area (Å²) in [6.45, 7) is 7.09. The first-order chi connectivity index (χ1) is 7.82. The maximum atomic E-state index is 11.3. The first kappa shape index (κ1) is 16.4. The maximum absolute atomic E-state index is 11.3. The molecule has 1 unspecified atom stereocenters. The lowest BCUT2D eigenvalue weighted by Crippen LogP contribution is -2.33. The molecule has 0 saturated carbocycles. The number of hydrogen-bond acceptors (Lipinski definition) is 4. The molecule has 0 aromatic rings. The zero-order valence-electron chi connectivity index (χ0n) is 10.8. The van der Waals surface area contributed by atoms with Crippen molar-refractivity contribution in [1.82, 2.24) is 4.90 Å². The minimum absolute atomic E-state index is 0.171. The molecule has 0 saturated heterocycles. The quantitative estimate of drug-likeness (QED) is 0.669. The summed E-state index contributed by atoms with van der Waals surface area (Å²) < 4.78 is 22.6. The lowest BCUT2D eigenvalue weighted by atomic mass is 10.1. The molecular formula is C11H23NO4S. The predicted octanol–water partition coefficient (Wildman–Crippen LogP) is 0.854. The molecule has 0 heterocycles. The SMILES string of the molecule is CCN(CCCS(=O)(=O)CC)CC(C)C(=O)O. The highest BCUT2D eigenvalue weighted by Crippen LogP contribution is 2.02. The molecular weight excluding hydrogens is 242 g/mol. The second kappa shape index (κ2) is 7.66. The lowest BCUT2D eigenvalue weighted by Gasteiger charge is -2.22. The van der Waals surface area contributed by atoms with Gasteiger partial charge in [0, 0.05) is 12.3 Å². The molecule has 102 valence electrons. The number of sulfone groups is 1. The molecule has 0 amide bonds. The van der Waals surface area contributed by atoms with E-state index in [1.54, 1.807) is 13.8 Å². The Hall–Kier alpha value is -0.620. The van der Waals surface area contributed by atoms with Crippen molar-refractivity contribution in [3.05, 3.63) is 0 Å². The second-order valence-corrected chi connectivity index (χ2v) is 6.70. The van der Waals surface area contributed by atoms with E-state index in [0.29, 0.717) is 19.5 Å². The van der Waals surface area contributed by atoms with Crippen molar-refractivity contribution in [2.24, 2.45) is 5.92 Å². The zero-order valence-corrected chi connectivity index (χ0v) is 11.7. The van der Waals surface area contributed by atoms with Gasteiger partial charge in [0.2, 0.25) is 0 Å². The van der Waals surface area contributed by atoms with E-state index in [1.807, 2.05) is 11.8 Å². The van der Waals surface area contributed by atoms with Gasteiger partial charge in [-0.05, 0) is 19.5 Å². The minimum atomic E-state index is -2.91. The number of nitrogens with zero attached hydrogens (tertiary/aromatic N) is 1. The van der Waals surface area contributed by atoms with Crippen molar-refractivity contribution in [2.75, 3.05) is 31.1 Å². The Balaban J connectivity index is 4.03. The van der Waals surface area contributed by atoms with Crippen LogP contribution < -0.4 is 0 Å². The third kappa shape index (κ3) is 7.33. The van der Waals surface area contributed by atoms with E-state index >= 15 is 0 Å². The predicted molar refractivity (Wildman–Crippen MR) is 67.9 cm³/mol. The van der Waals surface area contributed by atoms with Gasteiger partial charge >= 0.3 is 5.97 Å². The lowest BCUT2D eigenvalue weighted by molar-refractivity contribution is -0.141. The molecule has 0 bridgehead atoms. The van der Waals surface area contributed by atoms with Crippen molar-refractivity contribution >= 4 is 15.8 Å². The Kier molecular flexibility index (Phi) is 7.38. The largest absolute Gasteiger partial charge is 0.481 e. The molecule has 6 heteroatoms. The fourth-order valence-electron chi connectivity index (χ4n) is 1.50. The van der Waals surface area contributed by atoms with Crippen LogP contribution in [0.3, 0.4) is 0 Å². The van der Waals surface area contributed by atoms with Crippen LogP contribution in [0.5, 0.6) is 0 Å². The van der Waals surface area contributed by atoms with Crippen LogP contribution in [0.1, 0.15) is 27.2 Å². The fourth-order valence-corrected chi connectivity index (χ4v) is 2.35. The van der Waals surface area contributed by atoms with Crippen LogP contribution in [0.4, 0.5) is 0 Å². The molecule has 0 aliphatic carbocycles. The van der Waals surface area contributed by atoms with Gasteiger partial charge in [-0.1, -0.05) is 20.8 Å². The van der Waals surface area contributed by atoms with E-state index in [-0.39, 0.29) is 11.5 Å². The van der Waals surface area contributed by atoms with E-state index in [4.69, 9.17) is 5.11 Å². The molecule has 1 N–H and O–H groups in total. The van der Waals surface area contributed by atoms with Crippen LogP contribution in [0, 0.1) is 5.92 Å². The Morgan fingerprint density at radius 1 is 1.35 bits per heavy atom. The van der Waals surface area contributed by atoms with Crippen LogP contribution in [-0.2, 0) is 14.6 Å². The number of rotatable bonds is 9. The summed E-state index contributed by atoms with van der Waals surface area (Å²) in [5, 5.41) is 8.80.